The van der Waals surface area contributed by atoms with E-state index in [0.29, 0.717) is 13.0 Å². The molecule has 3 nitrogen and oxygen atoms in total. The molecular weight excluding hydrogens is 148 g/mol. The van der Waals surface area contributed by atoms with Crippen molar-refractivity contribution in [2.24, 2.45) is 0 Å². The van der Waals surface area contributed by atoms with Crippen LogP contribution in [0.3, 0.4) is 0 Å². The summed E-state index contributed by atoms with van der Waals surface area (Å²) >= 11 is 1.60. The number of aryl methyl sites for hydroxylation is 1. The Hall–Kier alpha value is -0.900. The van der Waals surface area contributed by atoms with Crippen LogP contribution in [0.15, 0.2) is 6.20 Å². The number of rotatable bonds is 3. The highest BCUT2D eigenvalue weighted by Crippen LogP contribution is 2.09. The predicted octanol–water partition coefficient (Wildman–Crippen LogP) is 0.698. The first-order valence-corrected chi connectivity index (χ1v) is 3.73. The average Bonchev–Trinajstić information content (AvgIpc) is 2.31. The van der Waals surface area contributed by atoms with E-state index in [4.69, 9.17) is 0 Å². The zero-order valence-corrected chi connectivity index (χ0v) is 6.44. The fraction of sp³-hybridized carbons (Fsp3) is 0.333. The van der Waals surface area contributed by atoms with Gasteiger partial charge in [-0.25, -0.2) is 4.98 Å². The zero-order valence-electron chi connectivity index (χ0n) is 5.63. The molecule has 1 N–H and O–H groups in total. The molecule has 0 spiro atoms. The Morgan fingerprint density at radius 1 is 1.90 bits per heavy atom. The van der Waals surface area contributed by atoms with Gasteiger partial charge in [-0.2, -0.15) is 0 Å². The number of carbonyl (C=O) groups is 1. The molecule has 1 aromatic rings. The number of aromatic nitrogens is 1. The fourth-order valence-corrected chi connectivity index (χ4v) is 1.38. The molecule has 0 saturated carbocycles. The minimum atomic E-state index is 0.592. The summed E-state index contributed by atoms with van der Waals surface area (Å²) in [6.45, 7) is 2.53. The van der Waals surface area contributed by atoms with Gasteiger partial charge in [0.05, 0.1) is 11.6 Å². The molecule has 0 unspecified atom stereocenters. The van der Waals surface area contributed by atoms with Crippen molar-refractivity contribution < 1.29 is 4.79 Å². The summed E-state index contributed by atoms with van der Waals surface area (Å²) in [7, 11) is 0. The number of hydrogen-bond donors (Lipinski definition) is 1. The second kappa shape index (κ2) is 3.31. The third-order valence-corrected chi connectivity index (χ3v) is 1.94. The van der Waals surface area contributed by atoms with Crippen LogP contribution < -0.4 is 5.32 Å². The Balaban J connectivity index is 2.49. The van der Waals surface area contributed by atoms with E-state index in [2.05, 4.69) is 10.3 Å². The summed E-state index contributed by atoms with van der Waals surface area (Å²) in [5.41, 5.74) is 0. The van der Waals surface area contributed by atoms with E-state index >= 15 is 0 Å². The van der Waals surface area contributed by atoms with Gasteiger partial charge in [0.25, 0.3) is 0 Å². The van der Waals surface area contributed by atoms with Gasteiger partial charge < -0.3 is 5.32 Å². The van der Waals surface area contributed by atoms with Crippen LogP contribution in [0.25, 0.3) is 0 Å². The van der Waals surface area contributed by atoms with E-state index in [-0.39, 0.29) is 0 Å². The van der Waals surface area contributed by atoms with Crippen molar-refractivity contribution in [3.63, 3.8) is 0 Å². The lowest BCUT2D eigenvalue weighted by molar-refractivity contribution is -0.109. The zero-order chi connectivity index (χ0) is 7.40. The van der Waals surface area contributed by atoms with Gasteiger partial charge in [-0.3, -0.25) is 4.79 Å². The van der Waals surface area contributed by atoms with Crippen molar-refractivity contribution in [3.05, 3.63) is 16.1 Å². The maximum absolute atomic E-state index is 9.86. The number of nitrogens with one attached hydrogen (secondary N) is 1. The summed E-state index contributed by atoms with van der Waals surface area (Å²) in [6.07, 6.45) is 2.46. The molecule has 0 bridgehead atoms. The second-order valence-electron chi connectivity index (χ2n) is 1.84. The molecular formula is C6H8N2OS. The van der Waals surface area contributed by atoms with Gasteiger partial charge in [-0.05, 0) is 6.92 Å². The van der Waals surface area contributed by atoms with Crippen molar-refractivity contribution >= 4 is 17.7 Å². The van der Waals surface area contributed by atoms with Gasteiger partial charge >= 0.3 is 0 Å². The third-order valence-electron chi connectivity index (χ3n) is 1.03. The molecule has 4 heteroatoms. The van der Waals surface area contributed by atoms with Gasteiger partial charge in [0, 0.05) is 11.1 Å². The molecule has 54 valence electrons. The molecule has 0 aliphatic heterocycles. The van der Waals surface area contributed by atoms with E-state index in [1.165, 1.54) is 0 Å². The first-order valence-electron chi connectivity index (χ1n) is 2.91. The Bertz CT molecular complexity index is 221. The molecule has 0 aliphatic rings. The molecule has 1 aromatic heterocycles. The van der Waals surface area contributed by atoms with Crippen LogP contribution >= 0.6 is 11.3 Å². The Morgan fingerprint density at radius 3 is 3.20 bits per heavy atom. The van der Waals surface area contributed by atoms with Crippen LogP contribution in [0.1, 0.15) is 9.88 Å². The minimum Gasteiger partial charge on any atom is -0.354 e. The lowest BCUT2D eigenvalue weighted by Crippen LogP contribution is -2.07. The van der Waals surface area contributed by atoms with Crippen LogP contribution in [-0.2, 0) is 11.3 Å². The maximum atomic E-state index is 9.86. The standard InChI is InChI=1S/C6H8N2OS/c1-5-8-3-6(10-5)2-7-4-9/h3-4H,2H2,1H3,(H,7,9). The van der Waals surface area contributed by atoms with Crippen LogP contribution in [-0.4, -0.2) is 11.4 Å². The average molecular weight is 156 g/mol. The van der Waals surface area contributed by atoms with Gasteiger partial charge in [0.1, 0.15) is 0 Å². The van der Waals surface area contributed by atoms with Crippen LogP contribution in [0.5, 0.6) is 0 Å². The summed E-state index contributed by atoms with van der Waals surface area (Å²) in [5.74, 6) is 0. The van der Waals surface area contributed by atoms with Crippen LogP contribution in [0, 0.1) is 6.92 Å². The summed E-state index contributed by atoms with van der Waals surface area (Å²) in [4.78, 5) is 15.0. The van der Waals surface area contributed by atoms with E-state index in [1.807, 2.05) is 6.92 Å². The van der Waals surface area contributed by atoms with E-state index in [0.717, 1.165) is 9.88 Å². The van der Waals surface area contributed by atoms with Crippen molar-refractivity contribution in [2.45, 2.75) is 13.5 Å². The first kappa shape index (κ1) is 7.21. The fourth-order valence-electron chi connectivity index (χ4n) is 0.629. The lowest BCUT2D eigenvalue weighted by atomic mass is 10.5. The molecule has 1 rings (SSSR count). The number of amides is 1. The smallest absolute Gasteiger partial charge is 0.207 e. The molecule has 0 saturated heterocycles. The number of thiazole rings is 1. The van der Waals surface area contributed by atoms with Crippen LogP contribution in [0.2, 0.25) is 0 Å². The molecule has 1 heterocycles. The topological polar surface area (TPSA) is 42.0 Å². The minimum absolute atomic E-state index is 0.592. The molecule has 0 radical (unpaired) electrons. The van der Waals surface area contributed by atoms with Gasteiger partial charge in [-0.15, -0.1) is 11.3 Å². The normalized spacial score (nSPS) is 9.30. The molecule has 0 fully saturated rings. The Morgan fingerprint density at radius 2 is 2.70 bits per heavy atom. The van der Waals surface area contributed by atoms with Crippen LogP contribution in [0.4, 0.5) is 0 Å². The molecule has 1 amide bonds. The first-order chi connectivity index (χ1) is 4.83. The number of nitrogens with zero attached hydrogens (tertiary/aromatic N) is 1. The second-order valence-corrected chi connectivity index (χ2v) is 3.16. The summed E-state index contributed by atoms with van der Waals surface area (Å²) < 4.78 is 0. The third kappa shape index (κ3) is 1.80. The molecule has 0 atom stereocenters. The van der Waals surface area contributed by atoms with Crippen molar-refractivity contribution in [1.29, 1.82) is 0 Å². The Kier molecular flexibility index (Phi) is 2.39. The number of hydrogen-bond acceptors (Lipinski definition) is 3. The van der Waals surface area contributed by atoms with E-state index in [9.17, 15) is 4.79 Å². The van der Waals surface area contributed by atoms with Crippen molar-refractivity contribution in [2.75, 3.05) is 0 Å². The predicted molar refractivity (Wildman–Crippen MR) is 39.8 cm³/mol. The molecule has 0 aliphatic carbocycles. The highest BCUT2D eigenvalue weighted by atomic mass is 32.1. The monoisotopic (exact) mass is 156 g/mol. The maximum Gasteiger partial charge on any atom is 0.207 e. The Labute approximate surface area is 63.1 Å². The van der Waals surface area contributed by atoms with Gasteiger partial charge in [0.2, 0.25) is 6.41 Å². The summed E-state index contributed by atoms with van der Waals surface area (Å²) in [5, 5.41) is 3.60. The molecule has 10 heavy (non-hydrogen) atoms. The highest BCUT2D eigenvalue weighted by molar-refractivity contribution is 7.11. The van der Waals surface area contributed by atoms with Gasteiger partial charge in [-0.1, -0.05) is 0 Å². The number of carbonyl (C=O) groups excluding carboxylic acids is 1. The largest absolute Gasteiger partial charge is 0.354 e. The van der Waals surface area contributed by atoms with Crippen molar-refractivity contribution in [1.82, 2.24) is 10.3 Å². The quantitative estimate of drug-likeness (QED) is 0.654. The highest BCUT2D eigenvalue weighted by Gasteiger charge is 1.94. The SMILES string of the molecule is Cc1ncc(CNC=O)s1. The lowest BCUT2D eigenvalue weighted by Gasteiger charge is -1.89. The summed E-state index contributed by atoms with van der Waals surface area (Å²) in [6, 6.07) is 0. The molecule has 0 aromatic carbocycles. The van der Waals surface area contributed by atoms with E-state index < -0.39 is 0 Å². The van der Waals surface area contributed by atoms with Gasteiger partial charge in [0.15, 0.2) is 0 Å². The van der Waals surface area contributed by atoms with E-state index in [1.54, 1.807) is 17.5 Å². The van der Waals surface area contributed by atoms with Crippen molar-refractivity contribution in [3.8, 4) is 0 Å².